The number of hydrogen-bond acceptors (Lipinski definition) is 5. The van der Waals surface area contributed by atoms with Crippen LogP contribution < -0.4 is 5.32 Å². The second-order valence-electron chi connectivity index (χ2n) is 7.91. The van der Waals surface area contributed by atoms with E-state index in [9.17, 15) is 4.79 Å². The van der Waals surface area contributed by atoms with Crippen LogP contribution in [0.2, 0.25) is 0 Å². The van der Waals surface area contributed by atoms with E-state index in [1.807, 2.05) is 49.8 Å². The van der Waals surface area contributed by atoms with Crippen molar-refractivity contribution in [3.05, 3.63) is 65.6 Å². The molecule has 0 saturated heterocycles. The van der Waals surface area contributed by atoms with Gasteiger partial charge in [-0.3, -0.25) is 9.48 Å². The van der Waals surface area contributed by atoms with Gasteiger partial charge in [-0.25, -0.2) is 0 Å². The van der Waals surface area contributed by atoms with Crippen LogP contribution in [0.25, 0.3) is 0 Å². The smallest absolute Gasteiger partial charge is 0.226 e. The van der Waals surface area contributed by atoms with Gasteiger partial charge >= 0.3 is 0 Å². The van der Waals surface area contributed by atoms with Crippen LogP contribution in [0.5, 0.6) is 0 Å². The van der Waals surface area contributed by atoms with Gasteiger partial charge in [0, 0.05) is 37.2 Å². The molecule has 7 nitrogen and oxygen atoms in total. The van der Waals surface area contributed by atoms with Gasteiger partial charge in [-0.15, -0.1) is 0 Å². The molecule has 3 rings (SSSR count). The zero-order chi connectivity index (χ0) is 20.0. The molecule has 0 aliphatic heterocycles. The van der Waals surface area contributed by atoms with Gasteiger partial charge in [0.15, 0.2) is 5.82 Å². The third-order valence-corrected chi connectivity index (χ3v) is 4.35. The molecule has 2 heterocycles. The summed E-state index contributed by atoms with van der Waals surface area (Å²) in [5.41, 5.74) is 2.12. The average molecular weight is 381 g/mol. The standard InChI is InChI=1S/C21H27N5O2/c1-21(2,3)20-24-19(28-25-20)7-4-6-18(27)22-14-16-8-10-17(11-9-16)15-26-13-5-12-23-26/h5,8-13H,4,6-7,14-15H2,1-3H3,(H,22,27). The lowest BCUT2D eigenvalue weighted by molar-refractivity contribution is -0.121. The van der Waals surface area contributed by atoms with Crippen LogP contribution in [0.1, 0.15) is 56.5 Å². The van der Waals surface area contributed by atoms with Crippen molar-refractivity contribution in [1.82, 2.24) is 25.2 Å². The van der Waals surface area contributed by atoms with Crippen molar-refractivity contribution in [2.24, 2.45) is 0 Å². The molecule has 148 valence electrons. The number of carbonyl (C=O) groups excluding carboxylic acids is 1. The molecule has 0 radical (unpaired) electrons. The first-order valence-electron chi connectivity index (χ1n) is 9.55. The van der Waals surface area contributed by atoms with Crippen LogP contribution in [-0.2, 0) is 29.7 Å². The maximum absolute atomic E-state index is 12.1. The number of carbonyl (C=O) groups is 1. The summed E-state index contributed by atoms with van der Waals surface area (Å²) in [5, 5.41) is 11.2. The predicted octanol–water partition coefficient (Wildman–Crippen LogP) is 3.25. The summed E-state index contributed by atoms with van der Waals surface area (Å²) < 4.78 is 7.13. The molecule has 0 atom stereocenters. The molecule has 28 heavy (non-hydrogen) atoms. The first-order valence-corrected chi connectivity index (χ1v) is 9.55. The number of nitrogens with zero attached hydrogens (tertiary/aromatic N) is 4. The maximum atomic E-state index is 12.1. The summed E-state index contributed by atoms with van der Waals surface area (Å²) in [4.78, 5) is 16.5. The van der Waals surface area contributed by atoms with Crippen LogP contribution in [0.15, 0.2) is 47.2 Å². The van der Waals surface area contributed by atoms with Crippen LogP contribution in [-0.4, -0.2) is 25.8 Å². The van der Waals surface area contributed by atoms with Gasteiger partial charge in [-0.2, -0.15) is 10.1 Å². The SMILES string of the molecule is CC(C)(C)c1noc(CCCC(=O)NCc2ccc(Cn3cccn3)cc2)n1. The van der Waals surface area contributed by atoms with Gasteiger partial charge in [0.05, 0.1) is 6.54 Å². The molecule has 0 aliphatic rings. The fourth-order valence-electron chi connectivity index (χ4n) is 2.69. The van der Waals surface area contributed by atoms with Gasteiger partial charge in [0.25, 0.3) is 0 Å². The number of rotatable bonds is 8. The predicted molar refractivity (Wildman–Crippen MR) is 106 cm³/mol. The van der Waals surface area contributed by atoms with E-state index in [1.165, 1.54) is 5.56 Å². The Bertz CT molecular complexity index is 876. The lowest BCUT2D eigenvalue weighted by atomic mass is 9.96. The largest absolute Gasteiger partial charge is 0.352 e. The van der Waals surface area contributed by atoms with E-state index in [-0.39, 0.29) is 11.3 Å². The van der Waals surface area contributed by atoms with Crippen molar-refractivity contribution < 1.29 is 9.32 Å². The number of amides is 1. The summed E-state index contributed by atoms with van der Waals surface area (Å²) >= 11 is 0. The minimum atomic E-state index is -0.132. The fraction of sp³-hybridized carbons (Fsp3) is 0.429. The van der Waals surface area contributed by atoms with E-state index in [0.29, 0.717) is 37.5 Å². The summed E-state index contributed by atoms with van der Waals surface area (Å²) in [6.07, 6.45) is 5.43. The molecule has 1 N–H and O–H groups in total. The monoisotopic (exact) mass is 381 g/mol. The zero-order valence-corrected chi connectivity index (χ0v) is 16.7. The first-order chi connectivity index (χ1) is 13.4. The van der Waals surface area contributed by atoms with E-state index in [4.69, 9.17) is 4.52 Å². The van der Waals surface area contributed by atoms with E-state index >= 15 is 0 Å². The molecular formula is C21H27N5O2. The molecule has 0 aliphatic carbocycles. The molecule has 2 aromatic heterocycles. The number of aryl methyl sites for hydroxylation is 1. The van der Waals surface area contributed by atoms with Gasteiger partial charge in [0.2, 0.25) is 11.8 Å². The Labute approximate surface area is 165 Å². The molecule has 1 amide bonds. The minimum absolute atomic E-state index is 0.0242. The van der Waals surface area contributed by atoms with Crippen LogP contribution in [0.4, 0.5) is 0 Å². The topological polar surface area (TPSA) is 85.8 Å². The third kappa shape index (κ3) is 5.77. The second kappa shape index (κ2) is 8.82. The molecule has 7 heteroatoms. The van der Waals surface area contributed by atoms with Crippen molar-refractivity contribution in [3.63, 3.8) is 0 Å². The van der Waals surface area contributed by atoms with E-state index in [0.717, 1.165) is 12.1 Å². The van der Waals surface area contributed by atoms with Gasteiger partial charge in [-0.1, -0.05) is 50.2 Å². The summed E-state index contributed by atoms with van der Waals surface area (Å²) in [5.74, 6) is 1.31. The lowest BCUT2D eigenvalue weighted by Crippen LogP contribution is -2.22. The summed E-state index contributed by atoms with van der Waals surface area (Å²) in [6, 6.07) is 10.1. The highest BCUT2D eigenvalue weighted by molar-refractivity contribution is 5.75. The second-order valence-corrected chi connectivity index (χ2v) is 7.91. The number of aromatic nitrogens is 4. The summed E-state index contributed by atoms with van der Waals surface area (Å²) in [6.45, 7) is 7.39. The Kier molecular flexibility index (Phi) is 6.23. The minimum Gasteiger partial charge on any atom is -0.352 e. The van der Waals surface area contributed by atoms with Crippen LogP contribution in [0.3, 0.4) is 0 Å². The van der Waals surface area contributed by atoms with E-state index < -0.39 is 0 Å². The molecule has 0 bridgehead atoms. The van der Waals surface area contributed by atoms with Crippen LogP contribution in [0, 0.1) is 0 Å². The normalized spacial score (nSPS) is 11.5. The highest BCUT2D eigenvalue weighted by atomic mass is 16.5. The zero-order valence-electron chi connectivity index (χ0n) is 16.7. The van der Waals surface area contributed by atoms with E-state index in [2.05, 4.69) is 32.7 Å². The molecule has 0 spiro atoms. The highest BCUT2D eigenvalue weighted by Crippen LogP contribution is 2.18. The Morgan fingerprint density at radius 2 is 1.93 bits per heavy atom. The Morgan fingerprint density at radius 1 is 1.18 bits per heavy atom. The number of hydrogen-bond donors (Lipinski definition) is 1. The van der Waals surface area contributed by atoms with Crippen molar-refractivity contribution >= 4 is 5.91 Å². The number of benzene rings is 1. The Hall–Kier alpha value is -2.96. The molecule has 0 unspecified atom stereocenters. The van der Waals surface area contributed by atoms with Crippen molar-refractivity contribution in [2.75, 3.05) is 0 Å². The Balaban J connectivity index is 1.37. The van der Waals surface area contributed by atoms with Crippen molar-refractivity contribution in [3.8, 4) is 0 Å². The number of nitrogens with one attached hydrogen (secondary N) is 1. The van der Waals surface area contributed by atoms with Gasteiger partial charge in [0.1, 0.15) is 0 Å². The third-order valence-electron chi connectivity index (χ3n) is 4.35. The van der Waals surface area contributed by atoms with E-state index in [1.54, 1.807) is 6.20 Å². The Morgan fingerprint density at radius 3 is 2.57 bits per heavy atom. The highest BCUT2D eigenvalue weighted by Gasteiger charge is 2.20. The molecular weight excluding hydrogens is 354 g/mol. The van der Waals surface area contributed by atoms with Crippen LogP contribution >= 0.6 is 0 Å². The summed E-state index contributed by atoms with van der Waals surface area (Å²) in [7, 11) is 0. The fourth-order valence-corrected chi connectivity index (χ4v) is 2.69. The average Bonchev–Trinajstić information content (AvgIpc) is 3.33. The molecule has 1 aromatic carbocycles. The van der Waals surface area contributed by atoms with Crippen molar-refractivity contribution in [1.29, 1.82) is 0 Å². The van der Waals surface area contributed by atoms with Gasteiger partial charge < -0.3 is 9.84 Å². The molecule has 0 fully saturated rings. The molecule has 3 aromatic rings. The van der Waals surface area contributed by atoms with Crippen molar-refractivity contribution in [2.45, 2.75) is 58.5 Å². The quantitative estimate of drug-likeness (QED) is 0.647. The maximum Gasteiger partial charge on any atom is 0.226 e. The molecule has 0 saturated carbocycles. The lowest BCUT2D eigenvalue weighted by Gasteiger charge is -2.10. The van der Waals surface area contributed by atoms with Gasteiger partial charge in [-0.05, 0) is 23.6 Å². The first kappa shape index (κ1) is 19.8.